The van der Waals surface area contributed by atoms with Crippen LogP contribution in [0, 0.1) is 0 Å². The first kappa shape index (κ1) is 17.2. The third-order valence-electron chi connectivity index (χ3n) is 4.65. The first-order chi connectivity index (χ1) is 11.2. The molecule has 0 aromatic carbocycles. The fourth-order valence-corrected chi connectivity index (χ4v) is 3.18. The number of ether oxygens (including phenoxy) is 1. The summed E-state index contributed by atoms with van der Waals surface area (Å²) in [5.74, 6) is 2.74. The molecule has 1 amide bonds. The van der Waals surface area contributed by atoms with Crippen molar-refractivity contribution in [3.8, 4) is 0 Å². The van der Waals surface area contributed by atoms with Gasteiger partial charge in [0.25, 0.3) is 0 Å². The van der Waals surface area contributed by atoms with Gasteiger partial charge in [-0.05, 0) is 40.5 Å². The predicted octanol–water partition coefficient (Wildman–Crippen LogP) is 2.13. The van der Waals surface area contributed by atoms with E-state index in [4.69, 9.17) is 4.74 Å². The quantitative estimate of drug-likeness (QED) is 0.847. The number of piperazine rings is 1. The molecule has 0 radical (unpaired) electrons. The molecule has 2 fully saturated rings. The Hall–Kier alpha value is -1.63. The van der Waals surface area contributed by atoms with Crippen molar-refractivity contribution in [2.75, 3.05) is 19.6 Å². The highest BCUT2D eigenvalue weighted by molar-refractivity contribution is 5.68. The zero-order chi connectivity index (χ0) is 17.5. The topological polar surface area (TPSA) is 63.5 Å². The first-order valence-electron chi connectivity index (χ1n) is 8.85. The molecule has 0 unspecified atom stereocenters. The lowest BCUT2D eigenvalue weighted by Crippen LogP contribution is -2.54. The molecule has 1 aromatic rings. The van der Waals surface area contributed by atoms with Crippen molar-refractivity contribution in [1.82, 2.24) is 24.6 Å². The molecule has 7 nitrogen and oxygen atoms in total. The highest BCUT2D eigenvalue weighted by atomic mass is 16.6. The fourth-order valence-electron chi connectivity index (χ4n) is 3.18. The molecule has 0 bridgehead atoms. The molecule has 2 heterocycles. The lowest BCUT2D eigenvalue weighted by atomic mass is 10.2. The molecule has 2 aliphatic rings. The number of nitrogens with zero attached hydrogens (tertiary/aromatic N) is 5. The Morgan fingerprint density at radius 2 is 1.96 bits per heavy atom. The smallest absolute Gasteiger partial charge is 0.410 e. The second kappa shape index (κ2) is 6.35. The third-order valence-corrected chi connectivity index (χ3v) is 4.65. The van der Waals surface area contributed by atoms with Gasteiger partial charge in [-0.2, -0.15) is 0 Å². The Morgan fingerprint density at radius 3 is 2.54 bits per heavy atom. The SMILES string of the molecule is C[C@H]1CN(Cc2nnc(C3CC3)n2C)CCN1C(=O)OC(C)(C)C. The molecule has 1 saturated carbocycles. The zero-order valence-corrected chi connectivity index (χ0v) is 15.4. The Bertz CT molecular complexity index is 603. The number of aromatic nitrogens is 3. The minimum absolute atomic E-state index is 0.129. The number of hydrogen-bond donors (Lipinski definition) is 0. The van der Waals surface area contributed by atoms with Gasteiger partial charge in [0.05, 0.1) is 6.54 Å². The average molecular weight is 335 g/mol. The highest BCUT2D eigenvalue weighted by Gasteiger charge is 2.32. The molecule has 0 N–H and O–H groups in total. The Morgan fingerprint density at radius 1 is 1.25 bits per heavy atom. The summed E-state index contributed by atoms with van der Waals surface area (Å²) in [5.41, 5.74) is -0.453. The van der Waals surface area contributed by atoms with Crippen LogP contribution in [0.3, 0.4) is 0 Å². The minimum atomic E-state index is -0.453. The number of carbonyl (C=O) groups excluding carboxylic acids is 1. The van der Waals surface area contributed by atoms with E-state index in [-0.39, 0.29) is 12.1 Å². The van der Waals surface area contributed by atoms with Gasteiger partial charge in [0.2, 0.25) is 0 Å². The Labute approximate surface area is 144 Å². The molecule has 1 aromatic heterocycles. The third kappa shape index (κ3) is 3.88. The minimum Gasteiger partial charge on any atom is -0.444 e. The van der Waals surface area contributed by atoms with Gasteiger partial charge in [0.15, 0.2) is 0 Å². The van der Waals surface area contributed by atoms with Crippen LogP contribution in [0.15, 0.2) is 0 Å². The second-order valence-electron chi connectivity index (χ2n) is 8.07. The van der Waals surface area contributed by atoms with Crippen molar-refractivity contribution >= 4 is 6.09 Å². The van der Waals surface area contributed by atoms with E-state index >= 15 is 0 Å². The van der Waals surface area contributed by atoms with Crippen LogP contribution in [-0.4, -0.2) is 61.9 Å². The molecular formula is C17H29N5O2. The number of rotatable bonds is 3. The normalized spacial score (nSPS) is 22.7. The summed E-state index contributed by atoms with van der Waals surface area (Å²) in [5, 5.41) is 8.71. The van der Waals surface area contributed by atoms with Gasteiger partial charge < -0.3 is 14.2 Å². The zero-order valence-electron chi connectivity index (χ0n) is 15.4. The molecule has 3 rings (SSSR count). The van der Waals surface area contributed by atoms with Crippen LogP contribution in [0.25, 0.3) is 0 Å². The molecular weight excluding hydrogens is 306 g/mol. The second-order valence-corrected chi connectivity index (χ2v) is 8.07. The summed E-state index contributed by atoms with van der Waals surface area (Å²) in [6.45, 7) is 10.9. The number of amides is 1. The van der Waals surface area contributed by atoms with E-state index in [9.17, 15) is 4.79 Å². The lowest BCUT2D eigenvalue weighted by Gasteiger charge is -2.40. The van der Waals surface area contributed by atoms with Gasteiger partial charge in [-0.25, -0.2) is 4.79 Å². The van der Waals surface area contributed by atoms with E-state index in [1.54, 1.807) is 0 Å². The summed E-state index contributed by atoms with van der Waals surface area (Å²) in [4.78, 5) is 16.5. The predicted molar refractivity (Wildman–Crippen MR) is 90.7 cm³/mol. The van der Waals surface area contributed by atoms with Gasteiger partial charge in [0.1, 0.15) is 17.2 Å². The van der Waals surface area contributed by atoms with E-state index in [1.807, 2.05) is 25.7 Å². The van der Waals surface area contributed by atoms with E-state index in [2.05, 4.69) is 33.6 Å². The van der Waals surface area contributed by atoms with Crippen molar-refractivity contribution < 1.29 is 9.53 Å². The summed E-state index contributed by atoms with van der Waals surface area (Å²) >= 11 is 0. The van der Waals surface area contributed by atoms with Crippen LogP contribution in [0.2, 0.25) is 0 Å². The summed E-state index contributed by atoms with van der Waals surface area (Å²) in [7, 11) is 2.06. The van der Waals surface area contributed by atoms with E-state index < -0.39 is 5.60 Å². The average Bonchev–Trinajstić information content (AvgIpc) is 3.23. The maximum atomic E-state index is 12.3. The van der Waals surface area contributed by atoms with Crippen molar-refractivity contribution in [2.45, 2.75) is 64.6 Å². The van der Waals surface area contributed by atoms with Gasteiger partial charge in [-0.3, -0.25) is 4.90 Å². The first-order valence-corrected chi connectivity index (χ1v) is 8.85. The summed E-state index contributed by atoms with van der Waals surface area (Å²) < 4.78 is 7.64. The van der Waals surface area contributed by atoms with Crippen molar-refractivity contribution in [1.29, 1.82) is 0 Å². The highest BCUT2D eigenvalue weighted by Crippen LogP contribution is 2.38. The van der Waals surface area contributed by atoms with E-state index in [0.29, 0.717) is 12.5 Å². The Balaban J connectivity index is 1.56. The monoisotopic (exact) mass is 335 g/mol. The molecule has 1 atom stereocenters. The van der Waals surface area contributed by atoms with Crippen molar-refractivity contribution in [2.24, 2.45) is 7.05 Å². The number of hydrogen-bond acceptors (Lipinski definition) is 5. The number of carbonyl (C=O) groups is 1. The van der Waals surface area contributed by atoms with Crippen LogP contribution >= 0.6 is 0 Å². The molecule has 1 aliphatic carbocycles. The van der Waals surface area contributed by atoms with Crippen LogP contribution in [-0.2, 0) is 18.3 Å². The van der Waals surface area contributed by atoms with Crippen LogP contribution in [0.4, 0.5) is 4.79 Å². The van der Waals surface area contributed by atoms with Gasteiger partial charge in [-0.1, -0.05) is 0 Å². The van der Waals surface area contributed by atoms with Gasteiger partial charge in [-0.15, -0.1) is 10.2 Å². The summed E-state index contributed by atoms with van der Waals surface area (Å²) in [6, 6.07) is 0.129. The standard InChI is InChI=1S/C17H29N5O2/c1-12-10-21(8-9-22(12)16(23)24-17(2,3)4)11-14-18-19-15(20(14)5)13-6-7-13/h12-13H,6-11H2,1-5H3/t12-/m0/s1. The molecule has 1 saturated heterocycles. The van der Waals surface area contributed by atoms with E-state index in [1.165, 1.54) is 12.8 Å². The van der Waals surface area contributed by atoms with Crippen molar-refractivity contribution in [3.63, 3.8) is 0 Å². The van der Waals surface area contributed by atoms with E-state index in [0.717, 1.165) is 31.3 Å². The van der Waals surface area contributed by atoms with Crippen LogP contribution < -0.4 is 0 Å². The van der Waals surface area contributed by atoms with Crippen molar-refractivity contribution in [3.05, 3.63) is 11.6 Å². The molecule has 0 spiro atoms. The molecule has 7 heteroatoms. The maximum Gasteiger partial charge on any atom is 0.410 e. The lowest BCUT2D eigenvalue weighted by molar-refractivity contribution is 0.000191. The van der Waals surface area contributed by atoms with Gasteiger partial charge >= 0.3 is 6.09 Å². The summed E-state index contributed by atoms with van der Waals surface area (Å²) in [6.07, 6.45) is 2.25. The van der Waals surface area contributed by atoms with Crippen LogP contribution in [0.1, 0.15) is 58.1 Å². The fraction of sp³-hybridized carbons (Fsp3) is 0.824. The largest absolute Gasteiger partial charge is 0.444 e. The molecule has 1 aliphatic heterocycles. The van der Waals surface area contributed by atoms with Gasteiger partial charge in [0, 0.05) is 38.6 Å². The Kier molecular flexibility index (Phi) is 4.55. The van der Waals surface area contributed by atoms with Crippen LogP contribution in [0.5, 0.6) is 0 Å². The molecule has 134 valence electrons. The molecule has 24 heavy (non-hydrogen) atoms. The maximum absolute atomic E-state index is 12.3.